The van der Waals surface area contributed by atoms with Crippen LogP contribution in [0.4, 0.5) is 5.82 Å². The van der Waals surface area contributed by atoms with Gasteiger partial charge in [0.2, 0.25) is 6.79 Å². The molecule has 0 radical (unpaired) electrons. The Morgan fingerprint density at radius 3 is 2.81 bits per heavy atom. The van der Waals surface area contributed by atoms with Gasteiger partial charge in [-0.1, -0.05) is 6.92 Å². The molecule has 0 aliphatic carbocycles. The maximum Gasteiger partial charge on any atom is 0.231 e. The average Bonchev–Trinajstić information content (AvgIpc) is 2.96. The zero-order chi connectivity index (χ0) is 14.7. The first-order valence-electron chi connectivity index (χ1n) is 7.47. The molecule has 1 aromatic carbocycles. The normalized spacial score (nSPS) is 12.9. The molecule has 1 N–H and O–H groups in total. The van der Waals surface area contributed by atoms with E-state index in [2.05, 4.69) is 29.0 Å². The molecule has 0 saturated heterocycles. The van der Waals surface area contributed by atoms with Gasteiger partial charge in [0.25, 0.3) is 0 Å². The second-order valence-corrected chi connectivity index (χ2v) is 4.99. The zero-order valence-corrected chi connectivity index (χ0v) is 12.6. The number of pyridine rings is 1. The van der Waals surface area contributed by atoms with Gasteiger partial charge in [0.1, 0.15) is 5.82 Å². The van der Waals surface area contributed by atoms with E-state index in [0.717, 1.165) is 54.3 Å². The Kier molecular flexibility index (Phi) is 4.10. The van der Waals surface area contributed by atoms with Gasteiger partial charge >= 0.3 is 0 Å². The molecule has 1 aromatic heterocycles. The minimum absolute atomic E-state index is 0.298. The minimum atomic E-state index is 0.298. The number of nitrogens with one attached hydrogen (secondary N) is 1. The number of rotatable bonds is 6. The lowest BCUT2D eigenvalue weighted by atomic mass is 10.1. The van der Waals surface area contributed by atoms with E-state index in [9.17, 15) is 0 Å². The van der Waals surface area contributed by atoms with Gasteiger partial charge < -0.3 is 19.7 Å². The standard InChI is InChI=1S/C16H21N3O2/c1-3-17-7-8-19(4-2)16-13-10-15-14(20-11-21-15)9-12(13)5-6-18-16/h5-6,9-10,17H,3-4,7-8,11H2,1-2H3. The highest BCUT2D eigenvalue weighted by molar-refractivity contribution is 5.94. The molecule has 0 saturated carbocycles. The van der Waals surface area contributed by atoms with Crippen molar-refractivity contribution in [3.8, 4) is 11.5 Å². The molecule has 21 heavy (non-hydrogen) atoms. The van der Waals surface area contributed by atoms with Crippen LogP contribution in [0, 0.1) is 0 Å². The molecule has 0 fully saturated rings. The molecule has 0 atom stereocenters. The summed E-state index contributed by atoms with van der Waals surface area (Å²) in [5.74, 6) is 2.63. The van der Waals surface area contributed by atoms with Crippen molar-refractivity contribution < 1.29 is 9.47 Å². The number of hydrogen-bond acceptors (Lipinski definition) is 5. The first kappa shape index (κ1) is 13.9. The van der Waals surface area contributed by atoms with Gasteiger partial charge in [-0.15, -0.1) is 0 Å². The summed E-state index contributed by atoms with van der Waals surface area (Å²) >= 11 is 0. The summed E-state index contributed by atoms with van der Waals surface area (Å²) in [5.41, 5.74) is 0. The predicted octanol–water partition coefficient (Wildman–Crippen LogP) is 2.40. The molecular weight excluding hydrogens is 266 g/mol. The van der Waals surface area contributed by atoms with Crippen LogP contribution in [0.5, 0.6) is 11.5 Å². The zero-order valence-electron chi connectivity index (χ0n) is 12.6. The summed E-state index contributed by atoms with van der Waals surface area (Å²) < 4.78 is 10.9. The lowest BCUT2D eigenvalue weighted by Gasteiger charge is -2.23. The largest absolute Gasteiger partial charge is 0.454 e. The van der Waals surface area contributed by atoms with Crippen LogP contribution in [0.3, 0.4) is 0 Å². The van der Waals surface area contributed by atoms with E-state index in [1.165, 1.54) is 0 Å². The number of fused-ring (bicyclic) bond motifs is 2. The number of benzene rings is 1. The number of likely N-dealkylation sites (N-methyl/N-ethyl adjacent to an activating group) is 2. The summed E-state index contributed by atoms with van der Waals surface area (Å²) in [4.78, 5) is 6.87. The lowest BCUT2D eigenvalue weighted by molar-refractivity contribution is 0.174. The Balaban J connectivity index is 1.97. The van der Waals surface area contributed by atoms with Crippen molar-refractivity contribution >= 4 is 16.6 Å². The Labute approximate surface area is 124 Å². The Hall–Kier alpha value is -2.01. The molecule has 1 aliphatic rings. The van der Waals surface area contributed by atoms with Crippen LogP contribution in [0.2, 0.25) is 0 Å². The van der Waals surface area contributed by atoms with Gasteiger partial charge in [0.05, 0.1) is 0 Å². The molecule has 0 unspecified atom stereocenters. The van der Waals surface area contributed by atoms with Crippen LogP contribution < -0.4 is 19.7 Å². The van der Waals surface area contributed by atoms with Crippen LogP contribution >= 0.6 is 0 Å². The van der Waals surface area contributed by atoms with Crippen molar-refractivity contribution in [1.82, 2.24) is 10.3 Å². The fraction of sp³-hybridized carbons (Fsp3) is 0.438. The minimum Gasteiger partial charge on any atom is -0.454 e. The molecule has 112 valence electrons. The monoisotopic (exact) mass is 287 g/mol. The molecule has 0 amide bonds. The van der Waals surface area contributed by atoms with Crippen molar-refractivity contribution in [2.75, 3.05) is 37.9 Å². The third-order valence-corrected chi connectivity index (χ3v) is 3.73. The fourth-order valence-corrected chi connectivity index (χ4v) is 2.60. The second kappa shape index (κ2) is 6.18. The number of hydrogen-bond donors (Lipinski definition) is 1. The van der Waals surface area contributed by atoms with Gasteiger partial charge in [0.15, 0.2) is 11.5 Å². The number of anilines is 1. The highest BCUT2D eigenvalue weighted by Crippen LogP contribution is 2.38. The van der Waals surface area contributed by atoms with Gasteiger partial charge in [-0.05, 0) is 37.1 Å². The highest BCUT2D eigenvalue weighted by atomic mass is 16.7. The van der Waals surface area contributed by atoms with Crippen molar-refractivity contribution in [3.05, 3.63) is 24.4 Å². The first-order chi connectivity index (χ1) is 10.3. The lowest BCUT2D eigenvalue weighted by Crippen LogP contribution is -2.32. The average molecular weight is 287 g/mol. The molecule has 0 bridgehead atoms. The molecule has 2 aromatic rings. The maximum atomic E-state index is 5.49. The third-order valence-electron chi connectivity index (χ3n) is 3.73. The molecule has 5 heteroatoms. The highest BCUT2D eigenvalue weighted by Gasteiger charge is 2.17. The number of aromatic nitrogens is 1. The van der Waals surface area contributed by atoms with Gasteiger partial charge in [-0.2, -0.15) is 0 Å². The maximum absolute atomic E-state index is 5.49. The smallest absolute Gasteiger partial charge is 0.231 e. The van der Waals surface area contributed by atoms with E-state index in [4.69, 9.17) is 9.47 Å². The van der Waals surface area contributed by atoms with Crippen LogP contribution in [-0.4, -0.2) is 38.0 Å². The summed E-state index contributed by atoms with van der Waals surface area (Å²) in [5, 5.41) is 5.60. The number of ether oxygens (including phenoxy) is 2. The van der Waals surface area contributed by atoms with Crippen molar-refractivity contribution in [2.24, 2.45) is 0 Å². The first-order valence-corrected chi connectivity index (χ1v) is 7.47. The van der Waals surface area contributed by atoms with Crippen LogP contribution in [0.1, 0.15) is 13.8 Å². The van der Waals surface area contributed by atoms with Crippen molar-refractivity contribution in [1.29, 1.82) is 0 Å². The topological polar surface area (TPSA) is 46.6 Å². The van der Waals surface area contributed by atoms with E-state index in [1.807, 2.05) is 24.4 Å². The van der Waals surface area contributed by atoms with Crippen molar-refractivity contribution in [3.63, 3.8) is 0 Å². The predicted molar refractivity (Wildman–Crippen MR) is 84.3 cm³/mol. The van der Waals surface area contributed by atoms with Gasteiger partial charge in [0, 0.05) is 31.2 Å². The summed E-state index contributed by atoms with van der Waals surface area (Å²) in [7, 11) is 0. The molecule has 0 spiro atoms. The van der Waals surface area contributed by atoms with E-state index in [0.29, 0.717) is 6.79 Å². The van der Waals surface area contributed by atoms with E-state index < -0.39 is 0 Å². The van der Waals surface area contributed by atoms with Crippen LogP contribution in [0.25, 0.3) is 10.8 Å². The third kappa shape index (κ3) is 2.74. The SMILES string of the molecule is CCNCCN(CC)c1nccc2cc3c(cc12)OCO3. The Morgan fingerprint density at radius 2 is 2.05 bits per heavy atom. The van der Waals surface area contributed by atoms with Crippen molar-refractivity contribution in [2.45, 2.75) is 13.8 Å². The quantitative estimate of drug-likeness (QED) is 0.827. The Morgan fingerprint density at radius 1 is 1.24 bits per heavy atom. The van der Waals surface area contributed by atoms with Gasteiger partial charge in [-0.25, -0.2) is 4.98 Å². The summed E-state index contributed by atoms with van der Waals surface area (Å²) in [6.45, 7) is 8.36. The molecular formula is C16H21N3O2. The fourth-order valence-electron chi connectivity index (χ4n) is 2.60. The summed E-state index contributed by atoms with van der Waals surface area (Å²) in [6, 6.07) is 6.08. The molecule has 1 aliphatic heterocycles. The molecule has 5 nitrogen and oxygen atoms in total. The van der Waals surface area contributed by atoms with Crippen LogP contribution in [-0.2, 0) is 0 Å². The second-order valence-electron chi connectivity index (χ2n) is 4.99. The molecule has 3 rings (SSSR count). The van der Waals surface area contributed by atoms with E-state index >= 15 is 0 Å². The van der Waals surface area contributed by atoms with Gasteiger partial charge in [-0.3, -0.25) is 0 Å². The summed E-state index contributed by atoms with van der Waals surface area (Å²) in [6.07, 6.45) is 1.86. The van der Waals surface area contributed by atoms with Crippen LogP contribution in [0.15, 0.2) is 24.4 Å². The molecule has 2 heterocycles. The van der Waals surface area contributed by atoms with E-state index in [1.54, 1.807) is 0 Å². The Bertz CT molecular complexity index is 630. The number of nitrogens with zero attached hydrogens (tertiary/aromatic N) is 2. The van der Waals surface area contributed by atoms with E-state index in [-0.39, 0.29) is 0 Å².